The van der Waals surface area contributed by atoms with Gasteiger partial charge in [0.15, 0.2) is 6.61 Å². The van der Waals surface area contributed by atoms with E-state index in [4.69, 9.17) is 16.3 Å². The van der Waals surface area contributed by atoms with Gasteiger partial charge in [-0.3, -0.25) is 9.59 Å². The third-order valence-electron chi connectivity index (χ3n) is 4.98. The van der Waals surface area contributed by atoms with Gasteiger partial charge < -0.3 is 15.0 Å². The quantitative estimate of drug-likeness (QED) is 0.523. The Kier molecular flexibility index (Phi) is 9.68. The molecular formula is C24H31ClN2O3. The monoisotopic (exact) mass is 430 g/mol. The van der Waals surface area contributed by atoms with Gasteiger partial charge in [0.1, 0.15) is 11.8 Å². The zero-order chi connectivity index (χ0) is 21.9. The van der Waals surface area contributed by atoms with E-state index in [2.05, 4.69) is 12.2 Å². The molecule has 0 fully saturated rings. The molecule has 0 saturated carbocycles. The molecule has 2 amide bonds. The summed E-state index contributed by atoms with van der Waals surface area (Å²) in [5.41, 5.74) is 2.08. The van der Waals surface area contributed by atoms with Crippen LogP contribution in [0, 0.1) is 6.92 Å². The number of nitrogens with one attached hydrogen (secondary N) is 1. The highest BCUT2D eigenvalue weighted by Gasteiger charge is 2.29. The van der Waals surface area contributed by atoms with Crippen LogP contribution in [0.2, 0.25) is 5.02 Å². The number of unbranched alkanes of at least 4 members (excludes halogenated alkanes) is 1. The smallest absolute Gasteiger partial charge is 0.261 e. The minimum Gasteiger partial charge on any atom is -0.484 e. The Hall–Kier alpha value is -2.53. The predicted octanol–water partition coefficient (Wildman–Crippen LogP) is 4.75. The number of hydrogen-bond donors (Lipinski definition) is 1. The maximum absolute atomic E-state index is 13.1. The fourth-order valence-electron chi connectivity index (χ4n) is 3.18. The average molecular weight is 431 g/mol. The fourth-order valence-corrected chi connectivity index (χ4v) is 3.36. The van der Waals surface area contributed by atoms with Crippen molar-refractivity contribution < 1.29 is 14.3 Å². The highest BCUT2D eigenvalue weighted by molar-refractivity contribution is 6.30. The molecule has 0 bridgehead atoms. The molecule has 0 saturated heterocycles. The molecule has 162 valence electrons. The molecule has 2 aromatic rings. The van der Waals surface area contributed by atoms with Gasteiger partial charge in [-0.05, 0) is 49.1 Å². The molecule has 1 atom stereocenters. The Balaban J connectivity index is 2.19. The topological polar surface area (TPSA) is 58.6 Å². The van der Waals surface area contributed by atoms with Gasteiger partial charge in [0, 0.05) is 18.1 Å². The first-order valence-electron chi connectivity index (χ1n) is 10.5. The van der Waals surface area contributed by atoms with Crippen molar-refractivity contribution in [2.24, 2.45) is 0 Å². The maximum Gasteiger partial charge on any atom is 0.261 e. The van der Waals surface area contributed by atoms with E-state index in [0.29, 0.717) is 30.3 Å². The lowest BCUT2D eigenvalue weighted by atomic mass is 10.1. The van der Waals surface area contributed by atoms with Crippen LogP contribution in [0.15, 0.2) is 48.5 Å². The maximum atomic E-state index is 13.1. The largest absolute Gasteiger partial charge is 0.484 e. The summed E-state index contributed by atoms with van der Waals surface area (Å²) >= 11 is 5.99. The average Bonchev–Trinajstić information content (AvgIpc) is 2.73. The number of benzene rings is 2. The zero-order valence-corrected chi connectivity index (χ0v) is 18.7. The first kappa shape index (κ1) is 23.7. The summed E-state index contributed by atoms with van der Waals surface area (Å²) in [4.78, 5) is 27.6. The summed E-state index contributed by atoms with van der Waals surface area (Å²) in [6, 6.07) is 14.2. The van der Waals surface area contributed by atoms with Crippen molar-refractivity contribution in [2.75, 3.05) is 13.2 Å². The Morgan fingerprint density at radius 3 is 2.57 bits per heavy atom. The van der Waals surface area contributed by atoms with Crippen molar-refractivity contribution >= 4 is 23.4 Å². The van der Waals surface area contributed by atoms with Crippen LogP contribution in [0.5, 0.6) is 5.75 Å². The van der Waals surface area contributed by atoms with Gasteiger partial charge in [-0.2, -0.15) is 0 Å². The van der Waals surface area contributed by atoms with Crippen LogP contribution < -0.4 is 10.1 Å². The van der Waals surface area contributed by atoms with E-state index in [1.807, 2.05) is 38.1 Å². The Bertz CT molecular complexity index is 841. The van der Waals surface area contributed by atoms with E-state index in [9.17, 15) is 9.59 Å². The summed E-state index contributed by atoms with van der Waals surface area (Å²) in [6.45, 7) is 6.79. The third kappa shape index (κ3) is 7.06. The molecule has 0 spiro atoms. The molecule has 0 unspecified atom stereocenters. The minimum atomic E-state index is -0.558. The highest BCUT2D eigenvalue weighted by Crippen LogP contribution is 2.19. The summed E-state index contributed by atoms with van der Waals surface area (Å²) in [6.07, 6.45) is 2.43. The highest BCUT2D eigenvalue weighted by atomic mass is 35.5. The molecule has 0 heterocycles. The number of amides is 2. The van der Waals surface area contributed by atoms with Crippen molar-refractivity contribution in [3.63, 3.8) is 0 Å². The number of ether oxygens (including phenoxy) is 1. The van der Waals surface area contributed by atoms with Crippen LogP contribution in [0.1, 0.15) is 44.2 Å². The molecule has 6 heteroatoms. The second-order valence-electron chi connectivity index (χ2n) is 7.26. The van der Waals surface area contributed by atoms with Crippen molar-refractivity contribution in [2.45, 2.75) is 52.6 Å². The van der Waals surface area contributed by atoms with E-state index < -0.39 is 6.04 Å². The number of carbonyl (C=O) groups is 2. The lowest BCUT2D eigenvalue weighted by molar-refractivity contribution is -0.143. The summed E-state index contributed by atoms with van der Waals surface area (Å²) in [5.74, 6) is 0.151. The van der Waals surface area contributed by atoms with E-state index in [1.165, 1.54) is 0 Å². The number of nitrogens with zero attached hydrogens (tertiary/aromatic N) is 1. The lowest BCUT2D eigenvalue weighted by Gasteiger charge is -2.31. The van der Waals surface area contributed by atoms with Crippen LogP contribution in [-0.2, 0) is 16.1 Å². The number of aryl methyl sites for hydroxylation is 1. The summed E-state index contributed by atoms with van der Waals surface area (Å²) in [5, 5.41) is 3.50. The van der Waals surface area contributed by atoms with Crippen molar-refractivity contribution in [3.05, 3.63) is 64.7 Å². The Morgan fingerprint density at radius 2 is 1.90 bits per heavy atom. The summed E-state index contributed by atoms with van der Waals surface area (Å²) < 4.78 is 5.66. The van der Waals surface area contributed by atoms with Gasteiger partial charge in [0.05, 0.1) is 0 Å². The standard InChI is InChI=1S/C24H31ClN2O3/c1-4-6-14-26-24(29)22(5-2)27(16-19-11-8-7-10-18(19)3)23(28)17-30-21-13-9-12-20(25)15-21/h7-13,15,22H,4-6,14,16-17H2,1-3H3,(H,26,29)/t22-/m0/s1. The second-order valence-corrected chi connectivity index (χ2v) is 7.70. The number of carbonyl (C=O) groups excluding carboxylic acids is 2. The Labute approximate surface area is 184 Å². The fraction of sp³-hybridized carbons (Fsp3) is 0.417. The van der Waals surface area contributed by atoms with E-state index in [0.717, 1.165) is 24.0 Å². The molecule has 0 aromatic heterocycles. The molecule has 5 nitrogen and oxygen atoms in total. The van der Waals surface area contributed by atoms with Gasteiger partial charge in [-0.15, -0.1) is 0 Å². The normalized spacial score (nSPS) is 11.6. The molecule has 0 radical (unpaired) electrons. The molecule has 2 rings (SSSR count). The van der Waals surface area contributed by atoms with Crippen molar-refractivity contribution in [1.29, 1.82) is 0 Å². The second kappa shape index (κ2) is 12.2. The van der Waals surface area contributed by atoms with Crippen molar-refractivity contribution in [1.82, 2.24) is 10.2 Å². The van der Waals surface area contributed by atoms with E-state index in [1.54, 1.807) is 29.2 Å². The van der Waals surface area contributed by atoms with Gasteiger partial charge in [-0.25, -0.2) is 0 Å². The van der Waals surface area contributed by atoms with E-state index >= 15 is 0 Å². The van der Waals surface area contributed by atoms with Crippen LogP contribution in [-0.4, -0.2) is 35.9 Å². The van der Waals surface area contributed by atoms with Gasteiger partial charge in [0.25, 0.3) is 5.91 Å². The molecule has 1 N–H and O–H groups in total. The van der Waals surface area contributed by atoms with Gasteiger partial charge >= 0.3 is 0 Å². The van der Waals surface area contributed by atoms with E-state index in [-0.39, 0.29) is 18.4 Å². The first-order chi connectivity index (χ1) is 14.5. The third-order valence-corrected chi connectivity index (χ3v) is 5.21. The minimum absolute atomic E-state index is 0.129. The first-order valence-corrected chi connectivity index (χ1v) is 10.8. The van der Waals surface area contributed by atoms with Crippen LogP contribution in [0.4, 0.5) is 0 Å². The van der Waals surface area contributed by atoms with Crippen LogP contribution in [0.25, 0.3) is 0 Å². The molecular weight excluding hydrogens is 400 g/mol. The number of hydrogen-bond acceptors (Lipinski definition) is 3. The Morgan fingerprint density at radius 1 is 1.13 bits per heavy atom. The summed E-state index contributed by atoms with van der Waals surface area (Å²) in [7, 11) is 0. The number of halogens is 1. The molecule has 2 aromatic carbocycles. The lowest BCUT2D eigenvalue weighted by Crippen LogP contribution is -2.50. The number of rotatable bonds is 11. The van der Waals surface area contributed by atoms with Crippen molar-refractivity contribution in [3.8, 4) is 5.75 Å². The predicted molar refractivity (Wildman–Crippen MR) is 121 cm³/mol. The molecule has 30 heavy (non-hydrogen) atoms. The van der Waals surface area contributed by atoms with Gasteiger partial charge in [0.2, 0.25) is 5.91 Å². The van der Waals surface area contributed by atoms with Gasteiger partial charge in [-0.1, -0.05) is 62.2 Å². The molecule has 0 aliphatic carbocycles. The molecule has 0 aliphatic heterocycles. The zero-order valence-electron chi connectivity index (χ0n) is 18.0. The van der Waals surface area contributed by atoms with Crippen LogP contribution >= 0.6 is 11.6 Å². The SMILES string of the molecule is CCCCNC(=O)[C@H](CC)N(Cc1ccccc1C)C(=O)COc1cccc(Cl)c1. The molecule has 0 aliphatic rings. The van der Waals surface area contributed by atoms with Crippen LogP contribution in [0.3, 0.4) is 0 Å².